The van der Waals surface area contributed by atoms with Crippen molar-refractivity contribution in [1.29, 1.82) is 0 Å². The van der Waals surface area contributed by atoms with Crippen LogP contribution in [-0.2, 0) is 0 Å². The van der Waals surface area contributed by atoms with Crippen LogP contribution in [0.3, 0.4) is 0 Å². The van der Waals surface area contributed by atoms with Crippen molar-refractivity contribution < 1.29 is 18.3 Å². The molecule has 132 valence electrons. The fourth-order valence-corrected chi connectivity index (χ4v) is 2.77. The summed E-state index contributed by atoms with van der Waals surface area (Å²) in [6, 6.07) is 18.9. The monoisotopic (exact) mass is 360 g/mol. The maximum atomic E-state index is 13.2. The van der Waals surface area contributed by atoms with E-state index in [2.05, 4.69) is 0 Å². The first kappa shape index (κ1) is 16.7. The zero-order valence-corrected chi connectivity index (χ0v) is 14.0. The molecule has 0 unspecified atom stereocenters. The summed E-state index contributed by atoms with van der Waals surface area (Å²) in [7, 11) is 0. The molecule has 0 aliphatic carbocycles. The number of fused-ring (bicyclic) bond motifs is 1. The summed E-state index contributed by atoms with van der Waals surface area (Å²) in [6.07, 6.45) is 1.39. The smallest absolute Gasteiger partial charge is 0.343 e. The van der Waals surface area contributed by atoms with Crippen molar-refractivity contribution in [3.05, 3.63) is 101 Å². The molecule has 4 aromatic rings. The second kappa shape index (κ2) is 6.88. The van der Waals surface area contributed by atoms with Gasteiger partial charge in [-0.05, 0) is 35.9 Å². The Labute approximate surface area is 153 Å². The van der Waals surface area contributed by atoms with Crippen molar-refractivity contribution in [3.63, 3.8) is 0 Å². The third-order valence-electron chi connectivity index (χ3n) is 4.10. The minimum atomic E-state index is -0.697. The highest BCUT2D eigenvalue weighted by atomic mass is 19.1. The highest BCUT2D eigenvalue weighted by Gasteiger charge is 2.13. The Kier molecular flexibility index (Phi) is 4.26. The third-order valence-corrected chi connectivity index (χ3v) is 4.10. The Morgan fingerprint density at radius 3 is 2.52 bits per heavy atom. The highest BCUT2D eigenvalue weighted by molar-refractivity contribution is 5.91. The van der Waals surface area contributed by atoms with Crippen LogP contribution in [0.5, 0.6) is 5.75 Å². The van der Waals surface area contributed by atoms with Crippen LogP contribution in [0.1, 0.15) is 10.4 Å². The first-order valence-corrected chi connectivity index (χ1v) is 8.20. The number of halogens is 1. The van der Waals surface area contributed by atoms with Gasteiger partial charge < -0.3 is 9.15 Å². The molecular weight excluding hydrogens is 347 g/mol. The average Bonchev–Trinajstić information content (AvgIpc) is 2.69. The molecule has 0 aliphatic heterocycles. The van der Waals surface area contributed by atoms with Crippen molar-refractivity contribution in [1.82, 2.24) is 0 Å². The molecule has 0 fully saturated rings. The SMILES string of the molecule is O=C(Oc1ccc2c(=O)c(-c3ccccc3)coc2c1)c1cccc(F)c1. The molecule has 4 nitrogen and oxygen atoms in total. The maximum Gasteiger partial charge on any atom is 0.343 e. The molecule has 0 radical (unpaired) electrons. The van der Waals surface area contributed by atoms with Crippen molar-refractivity contribution >= 4 is 16.9 Å². The van der Waals surface area contributed by atoms with E-state index in [1.165, 1.54) is 36.6 Å². The number of rotatable bonds is 3. The van der Waals surface area contributed by atoms with Crippen LogP contribution in [0.15, 0.2) is 88.3 Å². The van der Waals surface area contributed by atoms with E-state index >= 15 is 0 Å². The van der Waals surface area contributed by atoms with Crippen LogP contribution < -0.4 is 10.2 Å². The lowest BCUT2D eigenvalue weighted by atomic mass is 10.1. The number of hydrogen-bond acceptors (Lipinski definition) is 4. The van der Waals surface area contributed by atoms with Crippen molar-refractivity contribution in [3.8, 4) is 16.9 Å². The normalized spacial score (nSPS) is 10.7. The number of esters is 1. The van der Waals surface area contributed by atoms with E-state index in [0.29, 0.717) is 16.5 Å². The van der Waals surface area contributed by atoms with Gasteiger partial charge in [0.1, 0.15) is 23.4 Å². The molecule has 0 saturated heterocycles. The van der Waals surface area contributed by atoms with Crippen LogP contribution in [0, 0.1) is 5.82 Å². The fraction of sp³-hybridized carbons (Fsp3) is 0. The molecule has 0 aliphatic rings. The third kappa shape index (κ3) is 3.35. The maximum absolute atomic E-state index is 13.2. The summed E-state index contributed by atoms with van der Waals surface area (Å²) < 4.78 is 24.1. The zero-order chi connectivity index (χ0) is 18.8. The Morgan fingerprint density at radius 1 is 0.926 bits per heavy atom. The Hall–Kier alpha value is -3.73. The molecule has 1 heterocycles. The zero-order valence-electron chi connectivity index (χ0n) is 14.0. The molecule has 4 rings (SSSR count). The van der Waals surface area contributed by atoms with Gasteiger partial charge in [-0.15, -0.1) is 0 Å². The summed E-state index contributed by atoms with van der Waals surface area (Å²) in [4.78, 5) is 24.8. The Balaban J connectivity index is 1.67. The minimum absolute atomic E-state index is 0.0935. The second-order valence-corrected chi connectivity index (χ2v) is 5.90. The van der Waals surface area contributed by atoms with Gasteiger partial charge in [0.05, 0.1) is 16.5 Å². The summed E-state index contributed by atoms with van der Waals surface area (Å²) in [5.74, 6) is -1.02. The molecule has 3 aromatic carbocycles. The highest BCUT2D eigenvalue weighted by Crippen LogP contribution is 2.23. The quantitative estimate of drug-likeness (QED) is 0.388. The molecule has 0 atom stereocenters. The molecule has 0 saturated carbocycles. The first-order valence-electron chi connectivity index (χ1n) is 8.20. The van der Waals surface area contributed by atoms with Crippen LogP contribution in [0.4, 0.5) is 4.39 Å². The van der Waals surface area contributed by atoms with Gasteiger partial charge in [0, 0.05) is 6.07 Å². The van der Waals surface area contributed by atoms with Gasteiger partial charge in [0.2, 0.25) is 0 Å². The molecule has 0 amide bonds. The summed E-state index contributed by atoms with van der Waals surface area (Å²) in [5, 5.41) is 0.377. The number of ether oxygens (including phenoxy) is 1. The first-order chi connectivity index (χ1) is 13.1. The molecule has 27 heavy (non-hydrogen) atoms. The predicted octanol–water partition coefficient (Wildman–Crippen LogP) is 4.82. The van der Waals surface area contributed by atoms with Crippen molar-refractivity contribution in [2.75, 3.05) is 0 Å². The topological polar surface area (TPSA) is 56.5 Å². The van der Waals surface area contributed by atoms with Crippen LogP contribution >= 0.6 is 0 Å². The van der Waals surface area contributed by atoms with E-state index in [4.69, 9.17) is 9.15 Å². The van der Waals surface area contributed by atoms with E-state index in [9.17, 15) is 14.0 Å². The number of carbonyl (C=O) groups excluding carboxylic acids is 1. The van der Waals surface area contributed by atoms with E-state index in [1.54, 1.807) is 6.07 Å². The number of carbonyl (C=O) groups is 1. The predicted molar refractivity (Wildman–Crippen MR) is 99.3 cm³/mol. The summed E-state index contributed by atoms with van der Waals surface area (Å²) in [5.41, 5.74) is 1.42. The van der Waals surface area contributed by atoms with Gasteiger partial charge in [-0.3, -0.25) is 4.79 Å². The largest absolute Gasteiger partial charge is 0.463 e. The number of benzene rings is 3. The van der Waals surface area contributed by atoms with Gasteiger partial charge in [-0.2, -0.15) is 0 Å². The molecule has 0 N–H and O–H groups in total. The van der Waals surface area contributed by atoms with Gasteiger partial charge in [-0.25, -0.2) is 9.18 Å². The fourth-order valence-electron chi connectivity index (χ4n) is 2.77. The van der Waals surface area contributed by atoms with Crippen LogP contribution in [0.25, 0.3) is 22.1 Å². The van der Waals surface area contributed by atoms with Gasteiger partial charge in [-0.1, -0.05) is 36.4 Å². The van der Waals surface area contributed by atoms with Crippen molar-refractivity contribution in [2.24, 2.45) is 0 Å². The molecule has 1 aromatic heterocycles. The molecular formula is C22H13FO4. The minimum Gasteiger partial charge on any atom is -0.463 e. The average molecular weight is 360 g/mol. The summed E-state index contributed by atoms with van der Waals surface area (Å²) in [6.45, 7) is 0. The summed E-state index contributed by atoms with van der Waals surface area (Å²) >= 11 is 0. The van der Waals surface area contributed by atoms with E-state index < -0.39 is 11.8 Å². The van der Waals surface area contributed by atoms with E-state index in [0.717, 1.165) is 11.6 Å². The standard InChI is InChI=1S/C22H13FO4/c23-16-8-4-7-15(11-16)22(25)27-17-9-10-18-20(12-17)26-13-19(21(18)24)14-5-2-1-3-6-14/h1-13H. The van der Waals surface area contributed by atoms with E-state index in [-0.39, 0.29) is 16.7 Å². The second-order valence-electron chi connectivity index (χ2n) is 5.90. The molecule has 5 heteroatoms. The van der Waals surface area contributed by atoms with Gasteiger partial charge in [0.25, 0.3) is 0 Å². The molecule has 0 bridgehead atoms. The Bertz CT molecular complexity index is 1200. The van der Waals surface area contributed by atoms with E-state index in [1.807, 2.05) is 30.3 Å². The van der Waals surface area contributed by atoms with Crippen LogP contribution in [0.2, 0.25) is 0 Å². The Morgan fingerprint density at radius 2 is 1.74 bits per heavy atom. The van der Waals surface area contributed by atoms with Gasteiger partial charge in [0.15, 0.2) is 5.43 Å². The lowest BCUT2D eigenvalue weighted by Gasteiger charge is -2.06. The lowest BCUT2D eigenvalue weighted by molar-refractivity contribution is 0.0734. The lowest BCUT2D eigenvalue weighted by Crippen LogP contribution is -2.09. The van der Waals surface area contributed by atoms with Crippen LogP contribution in [-0.4, -0.2) is 5.97 Å². The van der Waals surface area contributed by atoms with Crippen molar-refractivity contribution in [2.45, 2.75) is 0 Å². The van der Waals surface area contributed by atoms with Gasteiger partial charge >= 0.3 is 5.97 Å². The molecule has 0 spiro atoms. The number of hydrogen-bond donors (Lipinski definition) is 0.